The molecule has 0 fully saturated rings. The number of nitrogens with zero attached hydrogens (tertiary/aromatic N) is 2. The molecule has 1 aliphatic rings. The standard InChI is InChI=1S/C23H22ClN3O4S/c24-21-12-20(32(29,30)27-11-9-18-5-1-2-6-19(18)15-27)7-8-22(21)31-16-23(28)26-14-17-4-3-10-25-13-17/h1-8,10,12-13H,9,11,14-16H2,(H,26,28). The predicted octanol–water partition coefficient (Wildman–Crippen LogP) is 3.18. The summed E-state index contributed by atoms with van der Waals surface area (Å²) < 4.78 is 33.1. The first-order valence-corrected chi connectivity index (χ1v) is 11.9. The predicted molar refractivity (Wildman–Crippen MR) is 121 cm³/mol. The van der Waals surface area contributed by atoms with Crippen molar-refractivity contribution in [2.24, 2.45) is 0 Å². The molecule has 2 aromatic carbocycles. The molecule has 1 aliphatic heterocycles. The number of sulfonamides is 1. The zero-order valence-corrected chi connectivity index (χ0v) is 18.8. The molecule has 3 aromatic rings. The smallest absolute Gasteiger partial charge is 0.258 e. The molecule has 0 unspecified atom stereocenters. The highest BCUT2D eigenvalue weighted by atomic mass is 35.5. The maximum absolute atomic E-state index is 13.1. The third kappa shape index (κ3) is 5.09. The van der Waals surface area contributed by atoms with Gasteiger partial charge in [0.1, 0.15) is 5.75 Å². The van der Waals surface area contributed by atoms with Gasteiger partial charge in [-0.05, 0) is 47.4 Å². The van der Waals surface area contributed by atoms with Crippen molar-refractivity contribution in [3.05, 3.63) is 88.7 Å². The zero-order chi connectivity index (χ0) is 22.6. The van der Waals surface area contributed by atoms with Gasteiger partial charge in [-0.2, -0.15) is 4.31 Å². The van der Waals surface area contributed by atoms with Gasteiger partial charge < -0.3 is 10.1 Å². The van der Waals surface area contributed by atoms with Crippen LogP contribution >= 0.6 is 11.6 Å². The summed E-state index contributed by atoms with van der Waals surface area (Å²) in [5.74, 6) is -0.0836. The highest BCUT2D eigenvalue weighted by Crippen LogP contribution is 2.30. The summed E-state index contributed by atoms with van der Waals surface area (Å²) in [5.41, 5.74) is 3.04. The van der Waals surface area contributed by atoms with E-state index in [0.717, 1.165) is 11.1 Å². The van der Waals surface area contributed by atoms with E-state index in [4.69, 9.17) is 16.3 Å². The molecule has 166 valence electrons. The SMILES string of the molecule is O=C(COc1ccc(S(=O)(=O)N2CCc3ccccc3C2)cc1Cl)NCc1cccnc1. The van der Waals surface area contributed by atoms with Crippen LogP contribution in [0, 0.1) is 0 Å². The number of benzene rings is 2. The largest absolute Gasteiger partial charge is 0.482 e. The molecule has 9 heteroatoms. The molecule has 1 amide bonds. The normalized spacial score (nSPS) is 13.9. The van der Waals surface area contributed by atoms with E-state index in [2.05, 4.69) is 10.3 Å². The Labute approximate surface area is 192 Å². The second kappa shape index (κ2) is 9.68. The van der Waals surface area contributed by atoms with Crippen LogP contribution in [0.2, 0.25) is 5.02 Å². The van der Waals surface area contributed by atoms with Crippen molar-refractivity contribution < 1.29 is 17.9 Å². The van der Waals surface area contributed by atoms with E-state index < -0.39 is 10.0 Å². The van der Waals surface area contributed by atoms with Gasteiger partial charge in [-0.15, -0.1) is 0 Å². The highest BCUT2D eigenvalue weighted by Gasteiger charge is 2.28. The fourth-order valence-electron chi connectivity index (χ4n) is 3.48. The van der Waals surface area contributed by atoms with Crippen molar-refractivity contribution in [3.8, 4) is 5.75 Å². The van der Waals surface area contributed by atoms with E-state index in [1.807, 2.05) is 30.3 Å². The molecule has 0 radical (unpaired) electrons. The van der Waals surface area contributed by atoms with Crippen LogP contribution in [-0.2, 0) is 34.3 Å². The van der Waals surface area contributed by atoms with Crippen molar-refractivity contribution in [1.82, 2.24) is 14.6 Å². The van der Waals surface area contributed by atoms with Crippen LogP contribution in [0.5, 0.6) is 5.75 Å². The lowest BCUT2D eigenvalue weighted by Gasteiger charge is -2.28. The van der Waals surface area contributed by atoms with Crippen LogP contribution in [-0.4, -0.2) is 36.8 Å². The minimum Gasteiger partial charge on any atom is -0.482 e. The van der Waals surface area contributed by atoms with Crippen molar-refractivity contribution in [1.29, 1.82) is 0 Å². The molecule has 0 bridgehead atoms. The van der Waals surface area contributed by atoms with Crippen LogP contribution in [0.25, 0.3) is 0 Å². The number of amides is 1. The summed E-state index contributed by atoms with van der Waals surface area (Å²) in [6.45, 7) is 0.826. The fourth-order valence-corrected chi connectivity index (χ4v) is 5.23. The molecular formula is C23H22ClN3O4S. The first kappa shape index (κ1) is 22.3. The van der Waals surface area contributed by atoms with E-state index in [1.165, 1.54) is 28.1 Å². The van der Waals surface area contributed by atoms with Gasteiger partial charge in [-0.1, -0.05) is 41.9 Å². The summed E-state index contributed by atoms with van der Waals surface area (Å²) in [5, 5.41) is 2.85. The first-order chi connectivity index (χ1) is 15.4. The second-order valence-electron chi connectivity index (χ2n) is 7.38. The number of ether oxygens (including phenoxy) is 1. The molecule has 2 heterocycles. The summed E-state index contributed by atoms with van der Waals surface area (Å²) in [6, 6.07) is 15.8. The zero-order valence-electron chi connectivity index (χ0n) is 17.2. The van der Waals surface area contributed by atoms with Crippen LogP contribution < -0.4 is 10.1 Å². The van der Waals surface area contributed by atoms with Gasteiger partial charge in [0.25, 0.3) is 5.91 Å². The lowest BCUT2D eigenvalue weighted by Crippen LogP contribution is -2.35. The van der Waals surface area contributed by atoms with Crippen molar-refractivity contribution >= 4 is 27.5 Å². The summed E-state index contributed by atoms with van der Waals surface area (Å²) in [7, 11) is -3.71. The number of hydrogen-bond acceptors (Lipinski definition) is 5. The van der Waals surface area contributed by atoms with Gasteiger partial charge in [-0.3, -0.25) is 9.78 Å². The number of hydrogen-bond donors (Lipinski definition) is 1. The number of fused-ring (bicyclic) bond motifs is 1. The van der Waals surface area contributed by atoms with Crippen LogP contribution in [0.3, 0.4) is 0 Å². The average molecular weight is 472 g/mol. The lowest BCUT2D eigenvalue weighted by atomic mass is 10.0. The third-order valence-corrected chi connectivity index (χ3v) is 7.34. The second-order valence-corrected chi connectivity index (χ2v) is 9.72. The Morgan fingerprint density at radius 1 is 1.12 bits per heavy atom. The summed E-state index contributed by atoms with van der Waals surface area (Å²) in [4.78, 5) is 16.1. The number of pyridine rings is 1. The van der Waals surface area contributed by atoms with E-state index in [0.29, 0.717) is 26.1 Å². The van der Waals surface area contributed by atoms with Crippen LogP contribution in [0.15, 0.2) is 71.9 Å². The molecule has 4 rings (SSSR count). The number of aromatic nitrogens is 1. The van der Waals surface area contributed by atoms with Gasteiger partial charge >= 0.3 is 0 Å². The van der Waals surface area contributed by atoms with Gasteiger partial charge in [0.15, 0.2) is 6.61 Å². The quantitative estimate of drug-likeness (QED) is 0.571. The molecular weight excluding hydrogens is 450 g/mol. The van der Waals surface area contributed by atoms with Crippen LogP contribution in [0.4, 0.5) is 0 Å². The number of nitrogens with one attached hydrogen (secondary N) is 1. The van der Waals surface area contributed by atoms with Gasteiger partial charge in [0.2, 0.25) is 10.0 Å². The minimum atomic E-state index is -3.71. The number of halogens is 1. The van der Waals surface area contributed by atoms with Gasteiger partial charge in [-0.25, -0.2) is 8.42 Å². The Bertz CT molecular complexity index is 1220. The maximum Gasteiger partial charge on any atom is 0.258 e. The molecule has 1 aromatic heterocycles. The van der Waals surface area contributed by atoms with E-state index in [1.54, 1.807) is 18.5 Å². The molecule has 0 spiro atoms. The Kier molecular flexibility index (Phi) is 6.74. The van der Waals surface area contributed by atoms with Crippen molar-refractivity contribution in [3.63, 3.8) is 0 Å². The van der Waals surface area contributed by atoms with Crippen LogP contribution in [0.1, 0.15) is 16.7 Å². The number of rotatable bonds is 7. The molecule has 0 saturated carbocycles. The molecule has 7 nitrogen and oxygen atoms in total. The first-order valence-electron chi connectivity index (χ1n) is 10.1. The molecule has 0 aliphatic carbocycles. The Morgan fingerprint density at radius 3 is 2.69 bits per heavy atom. The third-order valence-electron chi connectivity index (χ3n) is 5.21. The Balaban J connectivity index is 1.38. The summed E-state index contributed by atoms with van der Waals surface area (Å²) in [6.07, 6.45) is 3.99. The molecule has 1 N–H and O–H groups in total. The van der Waals surface area contributed by atoms with E-state index >= 15 is 0 Å². The Morgan fingerprint density at radius 2 is 1.94 bits per heavy atom. The monoisotopic (exact) mass is 471 g/mol. The van der Waals surface area contributed by atoms with E-state index in [-0.39, 0.29) is 28.2 Å². The topological polar surface area (TPSA) is 88.6 Å². The molecule has 0 atom stereocenters. The lowest BCUT2D eigenvalue weighted by molar-refractivity contribution is -0.123. The Hall–Kier alpha value is -2.94. The number of carbonyl (C=O) groups is 1. The molecule has 0 saturated heterocycles. The molecule has 32 heavy (non-hydrogen) atoms. The van der Waals surface area contributed by atoms with Crippen molar-refractivity contribution in [2.75, 3.05) is 13.2 Å². The van der Waals surface area contributed by atoms with E-state index in [9.17, 15) is 13.2 Å². The maximum atomic E-state index is 13.1. The average Bonchev–Trinajstić information content (AvgIpc) is 2.82. The highest BCUT2D eigenvalue weighted by molar-refractivity contribution is 7.89. The van der Waals surface area contributed by atoms with Gasteiger partial charge in [0.05, 0.1) is 9.92 Å². The fraction of sp³-hybridized carbons (Fsp3) is 0.217. The number of carbonyl (C=O) groups excluding carboxylic acids is 1. The van der Waals surface area contributed by atoms with Gasteiger partial charge in [0, 0.05) is 32.0 Å². The minimum absolute atomic E-state index is 0.0928. The van der Waals surface area contributed by atoms with Crippen molar-refractivity contribution in [2.45, 2.75) is 24.4 Å². The summed E-state index contributed by atoms with van der Waals surface area (Å²) >= 11 is 6.26.